The lowest BCUT2D eigenvalue weighted by atomic mass is 9.93. The van der Waals surface area contributed by atoms with Crippen LogP contribution in [0.4, 0.5) is 17.1 Å². The molecule has 0 saturated carbocycles. The molecule has 0 aliphatic heterocycles. The predicted octanol–water partition coefficient (Wildman–Crippen LogP) is 14.9. The first-order valence-corrected chi connectivity index (χ1v) is 19.2. The minimum absolute atomic E-state index is 1.08. The Labute approximate surface area is 327 Å². The SMILES string of the molecule is c1ccc(-c2ccc(-c3ccccc3)c(N(c3ccc(-c4ccccc4)c(-c4ccccc4)c3)c3ccc4c5ccccc5n(-c5ccccc5)c4c3)c2)cc1. The van der Waals surface area contributed by atoms with Crippen molar-refractivity contribution in [2.24, 2.45) is 0 Å². The summed E-state index contributed by atoms with van der Waals surface area (Å²) in [7, 11) is 0. The zero-order valence-corrected chi connectivity index (χ0v) is 30.8. The van der Waals surface area contributed by atoms with E-state index in [1.54, 1.807) is 0 Å². The second-order valence-corrected chi connectivity index (χ2v) is 14.2. The van der Waals surface area contributed by atoms with Crippen LogP contribution in [0.15, 0.2) is 231 Å². The van der Waals surface area contributed by atoms with Gasteiger partial charge >= 0.3 is 0 Å². The third kappa shape index (κ3) is 6.04. The molecule has 0 radical (unpaired) electrons. The number of hydrogen-bond acceptors (Lipinski definition) is 1. The average molecular weight is 715 g/mol. The van der Waals surface area contributed by atoms with Gasteiger partial charge in [-0.1, -0.05) is 182 Å². The maximum Gasteiger partial charge on any atom is 0.0561 e. The van der Waals surface area contributed by atoms with E-state index in [4.69, 9.17) is 0 Å². The molecule has 0 spiro atoms. The number of fused-ring (bicyclic) bond motifs is 3. The van der Waals surface area contributed by atoms with Crippen LogP contribution in [0.3, 0.4) is 0 Å². The van der Waals surface area contributed by atoms with Crippen molar-refractivity contribution in [2.45, 2.75) is 0 Å². The first-order valence-electron chi connectivity index (χ1n) is 19.2. The van der Waals surface area contributed by atoms with E-state index >= 15 is 0 Å². The van der Waals surface area contributed by atoms with Gasteiger partial charge in [-0.15, -0.1) is 0 Å². The van der Waals surface area contributed by atoms with Crippen LogP contribution in [-0.2, 0) is 0 Å². The van der Waals surface area contributed by atoms with E-state index in [1.807, 2.05) is 0 Å². The second kappa shape index (κ2) is 14.4. The molecule has 2 heteroatoms. The molecule has 1 aromatic heterocycles. The fourth-order valence-electron chi connectivity index (χ4n) is 8.17. The molecular formula is C54H38N2. The van der Waals surface area contributed by atoms with Gasteiger partial charge in [0.1, 0.15) is 0 Å². The predicted molar refractivity (Wildman–Crippen MR) is 237 cm³/mol. The lowest BCUT2D eigenvalue weighted by molar-refractivity contribution is 1.18. The van der Waals surface area contributed by atoms with Crippen LogP contribution in [0.2, 0.25) is 0 Å². The zero-order chi connectivity index (χ0) is 37.3. The molecule has 0 aliphatic rings. The van der Waals surface area contributed by atoms with Crippen molar-refractivity contribution in [3.05, 3.63) is 231 Å². The topological polar surface area (TPSA) is 8.17 Å². The molecular weight excluding hydrogens is 677 g/mol. The number of hydrogen-bond donors (Lipinski definition) is 0. The first-order chi connectivity index (χ1) is 27.8. The Kier molecular flexibility index (Phi) is 8.55. The van der Waals surface area contributed by atoms with Crippen LogP contribution in [0, 0.1) is 0 Å². The molecule has 2 nitrogen and oxygen atoms in total. The van der Waals surface area contributed by atoms with Crippen molar-refractivity contribution in [3.63, 3.8) is 0 Å². The van der Waals surface area contributed by atoms with E-state index in [0.29, 0.717) is 0 Å². The number of aromatic nitrogens is 1. The average Bonchev–Trinajstić information content (AvgIpc) is 3.61. The summed E-state index contributed by atoms with van der Waals surface area (Å²) in [5, 5.41) is 2.46. The van der Waals surface area contributed by atoms with Crippen molar-refractivity contribution in [1.29, 1.82) is 0 Å². The van der Waals surface area contributed by atoms with Gasteiger partial charge in [0.25, 0.3) is 0 Å². The normalized spacial score (nSPS) is 11.2. The third-order valence-corrected chi connectivity index (χ3v) is 10.8. The highest BCUT2D eigenvalue weighted by Gasteiger charge is 2.22. The van der Waals surface area contributed by atoms with Gasteiger partial charge in [-0.05, 0) is 87.5 Å². The maximum atomic E-state index is 2.46. The third-order valence-electron chi connectivity index (χ3n) is 10.8. The molecule has 0 fully saturated rings. The van der Waals surface area contributed by atoms with Crippen molar-refractivity contribution in [3.8, 4) is 50.2 Å². The first kappa shape index (κ1) is 33.2. The summed E-state index contributed by atoms with van der Waals surface area (Å²) in [4.78, 5) is 2.46. The van der Waals surface area contributed by atoms with Gasteiger partial charge < -0.3 is 9.47 Å². The van der Waals surface area contributed by atoms with E-state index in [1.165, 1.54) is 44.1 Å². The van der Waals surface area contributed by atoms with Crippen LogP contribution in [-0.4, -0.2) is 4.57 Å². The van der Waals surface area contributed by atoms with E-state index in [0.717, 1.165) is 45.0 Å². The second-order valence-electron chi connectivity index (χ2n) is 14.2. The lowest BCUT2D eigenvalue weighted by Crippen LogP contribution is -2.12. The molecule has 0 aliphatic carbocycles. The molecule has 0 saturated heterocycles. The zero-order valence-electron chi connectivity index (χ0n) is 30.8. The summed E-state index contributed by atoms with van der Waals surface area (Å²) in [6.07, 6.45) is 0. The Morgan fingerprint density at radius 2 is 0.768 bits per heavy atom. The smallest absolute Gasteiger partial charge is 0.0561 e. The molecule has 0 atom stereocenters. The van der Waals surface area contributed by atoms with Gasteiger partial charge in [-0.2, -0.15) is 0 Å². The molecule has 0 amide bonds. The van der Waals surface area contributed by atoms with E-state index in [2.05, 4.69) is 240 Å². The van der Waals surface area contributed by atoms with Crippen LogP contribution in [0.5, 0.6) is 0 Å². The van der Waals surface area contributed by atoms with Crippen molar-refractivity contribution in [2.75, 3.05) is 4.90 Å². The molecule has 264 valence electrons. The Hall–Kier alpha value is -7.42. The minimum Gasteiger partial charge on any atom is -0.310 e. The number of anilines is 3. The fraction of sp³-hybridized carbons (Fsp3) is 0. The molecule has 9 aromatic carbocycles. The van der Waals surface area contributed by atoms with Crippen molar-refractivity contribution in [1.82, 2.24) is 4.57 Å². The molecule has 1 heterocycles. The van der Waals surface area contributed by atoms with Crippen LogP contribution >= 0.6 is 0 Å². The summed E-state index contributed by atoms with van der Waals surface area (Å²) in [6.45, 7) is 0. The minimum atomic E-state index is 1.08. The monoisotopic (exact) mass is 714 g/mol. The summed E-state index contributed by atoms with van der Waals surface area (Å²) in [6, 6.07) is 83.2. The van der Waals surface area contributed by atoms with E-state index in [-0.39, 0.29) is 0 Å². The van der Waals surface area contributed by atoms with Crippen molar-refractivity contribution >= 4 is 38.9 Å². The Balaban J connectivity index is 1.29. The summed E-state index contributed by atoms with van der Waals surface area (Å²) in [5.41, 5.74) is 16.1. The van der Waals surface area contributed by atoms with Crippen LogP contribution < -0.4 is 4.90 Å². The number of rotatable bonds is 8. The van der Waals surface area contributed by atoms with Gasteiger partial charge in [0.15, 0.2) is 0 Å². The highest BCUT2D eigenvalue weighted by molar-refractivity contribution is 6.10. The quantitative estimate of drug-likeness (QED) is 0.152. The fourth-order valence-corrected chi connectivity index (χ4v) is 8.17. The molecule has 0 bridgehead atoms. The van der Waals surface area contributed by atoms with Gasteiger partial charge in [0.2, 0.25) is 0 Å². The largest absolute Gasteiger partial charge is 0.310 e. The molecule has 10 rings (SSSR count). The highest BCUT2D eigenvalue weighted by Crippen LogP contribution is 2.46. The van der Waals surface area contributed by atoms with E-state index in [9.17, 15) is 0 Å². The van der Waals surface area contributed by atoms with Crippen LogP contribution in [0.25, 0.3) is 72.0 Å². The Morgan fingerprint density at radius 3 is 1.43 bits per heavy atom. The number of para-hydroxylation sites is 2. The molecule has 10 aromatic rings. The number of nitrogens with zero attached hydrogens (tertiary/aromatic N) is 2. The van der Waals surface area contributed by atoms with Gasteiger partial charge in [0.05, 0.1) is 16.7 Å². The van der Waals surface area contributed by atoms with Gasteiger partial charge in [-0.3, -0.25) is 0 Å². The van der Waals surface area contributed by atoms with Gasteiger partial charge in [0, 0.05) is 33.4 Å². The van der Waals surface area contributed by atoms with Crippen molar-refractivity contribution < 1.29 is 0 Å². The lowest BCUT2D eigenvalue weighted by Gasteiger charge is -2.30. The van der Waals surface area contributed by atoms with E-state index < -0.39 is 0 Å². The summed E-state index contributed by atoms with van der Waals surface area (Å²) in [5.74, 6) is 0. The summed E-state index contributed by atoms with van der Waals surface area (Å²) < 4.78 is 2.40. The maximum absolute atomic E-state index is 2.46. The van der Waals surface area contributed by atoms with Gasteiger partial charge in [-0.25, -0.2) is 0 Å². The molecule has 0 unspecified atom stereocenters. The Bertz CT molecular complexity index is 2930. The highest BCUT2D eigenvalue weighted by atomic mass is 15.1. The summed E-state index contributed by atoms with van der Waals surface area (Å²) >= 11 is 0. The number of benzene rings is 9. The molecule has 56 heavy (non-hydrogen) atoms. The van der Waals surface area contributed by atoms with Crippen LogP contribution in [0.1, 0.15) is 0 Å². The Morgan fingerprint density at radius 1 is 0.286 bits per heavy atom. The standard InChI is InChI=1S/C54H38N2/c1-6-18-39(19-7-1)43-30-33-48(41-22-10-3-11-23-41)53(36-43)55(45-31-34-47(40-20-8-2-9-21-40)51(37-45)42-24-12-4-13-25-42)46-32-35-50-49-28-16-17-29-52(49)56(54(50)38-46)44-26-14-5-15-27-44/h1-38H. The molecule has 0 N–H and O–H groups in total.